The standard InChI is InChI=1S/C20H27N3O5/c24-19(22-12-6-3-7-13-22)15-28-20(25)16-8-9-17(18(14-16)23(26)27)21-10-4-1-2-5-11-21/h8-9,14H,1-7,10-13,15H2. The van der Waals surface area contributed by atoms with E-state index in [9.17, 15) is 19.7 Å². The average molecular weight is 389 g/mol. The second kappa shape index (κ2) is 9.52. The number of benzene rings is 1. The summed E-state index contributed by atoms with van der Waals surface area (Å²) in [5.74, 6) is -0.931. The molecule has 1 amide bonds. The summed E-state index contributed by atoms with van der Waals surface area (Å²) in [6.45, 7) is 2.59. The first-order valence-corrected chi connectivity index (χ1v) is 10.0. The molecule has 0 aromatic heterocycles. The van der Waals surface area contributed by atoms with E-state index in [1.54, 1.807) is 17.0 Å². The van der Waals surface area contributed by atoms with Gasteiger partial charge in [0.25, 0.3) is 11.6 Å². The normalized spacial score (nSPS) is 17.7. The van der Waals surface area contributed by atoms with Gasteiger partial charge in [0.05, 0.1) is 10.5 Å². The Hall–Kier alpha value is -2.64. The van der Waals surface area contributed by atoms with Crippen molar-refractivity contribution < 1.29 is 19.2 Å². The molecular formula is C20H27N3O5. The second-order valence-corrected chi connectivity index (χ2v) is 7.38. The smallest absolute Gasteiger partial charge is 0.338 e. The Balaban J connectivity index is 1.67. The fourth-order valence-corrected chi connectivity index (χ4v) is 3.82. The minimum Gasteiger partial charge on any atom is -0.452 e. The first-order chi connectivity index (χ1) is 13.6. The Morgan fingerprint density at radius 2 is 1.57 bits per heavy atom. The zero-order chi connectivity index (χ0) is 19.9. The van der Waals surface area contributed by atoms with Gasteiger partial charge in [0.2, 0.25) is 0 Å². The highest BCUT2D eigenvalue weighted by atomic mass is 16.6. The lowest BCUT2D eigenvalue weighted by Gasteiger charge is -2.26. The van der Waals surface area contributed by atoms with Crippen molar-refractivity contribution in [2.45, 2.75) is 44.9 Å². The molecule has 2 fully saturated rings. The van der Waals surface area contributed by atoms with Crippen LogP contribution >= 0.6 is 0 Å². The van der Waals surface area contributed by atoms with Gasteiger partial charge in [-0.3, -0.25) is 14.9 Å². The molecule has 0 N–H and O–H groups in total. The van der Waals surface area contributed by atoms with Crippen molar-refractivity contribution >= 4 is 23.3 Å². The maximum absolute atomic E-state index is 12.3. The molecule has 0 radical (unpaired) electrons. The van der Waals surface area contributed by atoms with E-state index < -0.39 is 10.9 Å². The monoisotopic (exact) mass is 389 g/mol. The van der Waals surface area contributed by atoms with Gasteiger partial charge in [-0.15, -0.1) is 0 Å². The third-order valence-corrected chi connectivity index (χ3v) is 5.39. The number of piperidine rings is 1. The molecule has 1 aromatic carbocycles. The molecule has 0 atom stereocenters. The van der Waals surface area contributed by atoms with Crippen molar-refractivity contribution in [2.24, 2.45) is 0 Å². The maximum Gasteiger partial charge on any atom is 0.338 e. The largest absolute Gasteiger partial charge is 0.452 e. The topological polar surface area (TPSA) is 93.0 Å². The van der Waals surface area contributed by atoms with Gasteiger partial charge in [-0.2, -0.15) is 0 Å². The fourth-order valence-electron chi connectivity index (χ4n) is 3.82. The minimum absolute atomic E-state index is 0.0942. The quantitative estimate of drug-likeness (QED) is 0.436. The number of amides is 1. The highest BCUT2D eigenvalue weighted by Crippen LogP contribution is 2.31. The van der Waals surface area contributed by atoms with E-state index in [1.165, 1.54) is 6.07 Å². The van der Waals surface area contributed by atoms with Crippen LogP contribution in [0, 0.1) is 10.1 Å². The lowest BCUT2D eigenvalue weighted by Crippen LogP contribution is -2.38. The van der Waals surface area contributed by atoms with E-state index in [4.69, 9.17) is 4.74 Å². The lowest BCUT2D eigenvalue weighted by molar-refractivity contribution is -0.384. The second-order valence-electron chi connectivity index (χ2n) is 7.38. The van der Waals surface area contributed by atoms with E-state index in [0.717, 1.165) is 58.0 Å². The van der Waals surface area contributed by atoms with Crippen LogP contribution in [0.15, 0.2) is 18.2 Å². The molecule has 2 aliphatic heterocycles. The lowest BCUT2D eigenvalue weighted by atomic mass is 10.1. The summed E-state index contributed by atoms with van der Waals surface area (Å²) < 4.78 is 5.12. The Labute approximate surface area is 164 Å². The molecule has 152 valence electrons. The summed E-state index contributed by atoms with van der Waals surface area (Å²) in [5.41, 5.74) is 0.531. The van der Waals surface area contributed by atoms with Crippen LogP contribution in [0.25, 0.3) is 0 Å². The number of nitrogens with zero attached hydrogens (tertiary/aromatic N) is 3. The number of carbonyl (C=O) groups is 2. The van der Waals surface area contributed by atoms with Gasteiger partial charge in [-0.25, -0.2) is 4.79 Å². The van der Waals surface area contributed by atoms with E-state index in [-0.39, 0.29) is 23.8 Å². The van der Waals surface area contributed by atoms with Crippen molar-refractivity contribution in [3.8, 4) is 0 Å². The van der Waals surface area contributed by atoms with Crippen LogP contribution in [-0.4, -0.2) is 54.5 Å². The first-order valence-electron chi connectivity index (χ1n) is 10.0. The summed E-state index contributed by atoms with van der Waals surface area (Å²) in [6, 6.07) is 4.42. The number of ether oxygens (including phenoxy) is 1. The van der Waals surface area contributed by atoms with Crippen LogP contribution in [0.4, 0.5) is 11.4 Å². The number of carbonyl (C=O) groups excluding carboxylic acids is 2. The number of esters is 1. The van der Waals surface area contributed by atoms with Crippen LogP contribution in [0.2, 0.25) is 0 Å². The third-order valence-electron chi connectivity index (χ3n) is 5.39. The van der Waals surface area contributed by atoms with Crippen molar-refractivity contribution in [3.63, 3.8) is 0 Å². The van der Waals surface area contributed by atoms with Gasteiger partial charge >= 0.3 is 5.97 Å². The zero-order valence-electron chi connectivity index (χ0n) is 16.1. The molecule has 0 spiro atoms. The zero-order valence-corrected chi connectivity index (χ0v) is 16.1. The van der Waals surface area contributed by atoms with Crippen molar-refractivity contribution in [1.82, 2.24) is 4.90 Å². The average Bonchev–Trinajstić information content (AvgIpc) is 3.01. The fraction of sp³-hybridized carbons (Fsp3) is 0.600. The molecule has 0 saturated carbocycles. The molecular weight excluding hydrogens is 362 g/mol. The highest BCUT2D eigenvalue weighted by molar-refractivity contribution is 5.93. The van der Waals surface area contributed by atoms with Crippen molar-refractivity contribution in [2.75, 3.05) is 37.7 Å². The van der Waals surface area contributed by atoms with Gasteiger partial charge in [-0.1, -0.05) is 12.8 Å². The number of nitro benzene ring substituents is 1. The predicted molar refractivity (Wildman–Crippen MR) is 104 cm³/mol. The highest BCUT2D eigenvalue weighted by Gasteiger charge is 2.24. The number of anilines is 1. The Morgan fingerprint density at radius 1 is 0.964 bits per heavy atom. The molecule has 8 heteroatoms. The number of nitro groups is 1. The Bertz CT molecular complexity index is 723. The van der Waals surface area contributed by atoms with Gasteiger partial charge in [0, 0.05) is 32.2 Å². The van der Waals surface area contributed by atoms with Gasteiger partial charge in [0.15, 0.2) is 6.61 Å². The number of hydrogen-bond donors (Lipinski definition) is 0. The molecule has 0 bridgehead atoms. The van der Waals surface area contributed by atoms with Crippen molar-refractivity contribution in [3.05, 3.63) is 33.9 Å². The van der Waals surface area contributed by atoms with E-state index in [1.807, 2.05) is 4.90 Å². The summed E-state index contributed by atoms with van der Waals surface area (Å²) in [6.07, 6.45) is 7.28. The maximum atomic E-state index is 12.3. The molecule has 1 aromatic rings. The SMILES string of the molecule is O=C(OCC(=O)N1CCCCC1)c1ccc(N2CCCCCC2)c([N+](=O)[O-])c1. The molecule has 28 heavy (non-hydrogen) atoms. The summed E-state index contributed by atoms with van der Waals surface area (Å²) in [5, 5.41) is 11.6. The molecule has 3 rings (SSSR count). The van der Waals surface area contributed by atoms with E-state index in [2.05, 4.69) is 0 Å². The molecule has 2 aliphatic rings. The number of hydrogen-bond acceptors (Lipinski definition) is 6. The summed E-state index contributed by atoms with van der Waals surface area (Å²) in [4.78, 5) is 39.3. The number of rotatable bonds is 5. The Morgan fingerprint density at radius 3 is 2.21 bits per heavy atom. The Kier molecular flexibility index (Phi) is 6.84. The first kappa shape index (κ1) is 20.1. The van der Waals surface area contributed by atoms with Crippen LogP contribution in [-0.2, 0) is 9.53 Å². The van der Waals surface area contributed by atoms with Crippen LogP contribution < -0.4 is 4.90 Å². The van der Waals surface area contributed by atoms with E-state index >= 15 is 0 Å². The molecule has 2 saturated heterocycles. The van der Waals surface area contributed by atoms with Crippen LogP contribution in [0.5, 0.6) is 0 Å². The van der Waals surface area contributed by atoms with Gasteiger partial charge in [-0.05, 0) is 44.2 Å². The minimum atomic E-state index is -0.712. The molecule has 8 nitrogen and oxygen atoms in total. The summed E-state index contributed by atoms with van der Waals surface area (Å²) >= 11 is 0. The number of likely N-dealkylation sites (tertiary alicyclic amines) is 1. The molecule has 0 aliphatic carbocycles. The third kappa shape index (κ3) is 4.99. The molecule has 2 heterocycles. The summed E-state index contributed by atoms with van der Waals surface area (Å²) in [7, 11) is 0. The van der Waals surface area contributed by atoms with Gasteiger partial charge < -0.3 is 14.5 Å². The van der Waals surface area contributed by atoms with E-state index in [0.29, 0.717) is 18.8 Å². The van der Waals surface area contributed by atoms with Crippen molar-refractivity contribution in [1.29, 1.82) is 0 Å². The van der Waals surface area contributed by atoms with Crippen LogP contribution in [0.1, 0.15) is 55.3 Å². The van der Waals surface area contributed by atoms with Crippen LogP contribution in [0.3, 0.4) is 0 Å². The molecule has 0 unspecified atom stereocenters. The van der Waals surface area contributed by atoms with Gasteiger partial charge in [0.1, 0.15) is 5.69 Å². The predicted octanol–water partition coefficient (Wildman–Crippen LogP) is 3.14.